The van der Waals surface area contributed by atoms with Gasteiger partial charge in [-0.15, -0.1) is 0 Å². The summed E-state index contributed by atoms with van der Waals surface area (Å²) >= 11 is 0. The number of nitrogens with two attached hydrogens (primary N) is 1. The van der Waals surface area contributed by atoms with Crippen molar-refractivity contribution in [3.8, 4) is 0 Å². The summed E-state index contributed by atoms with van der Waals surface area (Å²) in [4.78, 5) is 9.59. The van der Waals surface area contributed by atoms with E-state index in [0.29, 0.717) is 13.0 Å². The molecule has 0 saturated carbocycles. The maximum Gasteiger partial charge on any atom is 0.123 e. The average molecular weight is 99.1 g/mol. The van der Waals surface area contributed by atoms with Crippen LogP contribution in [0.15, 0.2) is 12.2 Å². The van der Waals surface area contributed by atoms with Crippen molar-refractivity contribution in [1.29, 1.82) is 0 Å². The van der Waals surface area contributed by atoms with Gasteiger partial charge in [-0.2, -0.15) is 0 Å². The Hall–Kier alpha value is -0.630. The Kier molecular flexibility index (Phi) is 4.89. The summed E-state index contributed by atoms with van der Waals surface area (Å²) in [6.45, 7) is 0.522. The van der Waals surface area contributed by atoms with E-state index in [-0.39, 0.29) is 0 Å². The van der Waals surface area contributed by atoms with E-state index in [4.69, 9.17) is 5.73 Å². The molecule has 40 valence electrons. The molecule has 0 amide bonds. The lowest BCUT2D eigenvalue weighted by Gasteiger charge is -1.73. The van der Waals surface area contributed by atoms with Crippen molar-refractivity contribution in [3.63, 3.8) is 0 Å². The lowest BCUT2D eigenvalue weighted by molar-refractivity contribution is -0.107. The Balaban J connectivity index is 2.92. The highest BCUT2D eigenvalue weighted by Gasteiger charge is 1.66. The fourth-order valence-electron chi connectivity index (χ4n) is 0.248. The van der Waals surface area contributed by atoms with Crippen molar-refractivity contribution in [2.45, 2.75) is 6.42 Å². The fourth-order valence-corrected chi connectivity index (χ4v) is 0.248. The first-order valence-electron chi connectivity index (χ1n) is 2.20. The molecule has 0 rings (SSSR count). The van der Waals surface area contributed by atoms with Crippen LogP contribution in [0.25, 0.3) is 0 Å². The van der Waals surface area contributed by atoms with Gasteiger partial charge in [0.1, 0.15) is 6.29 Å². The highest BCUT2D eigenvalue weighted by molar-refractivity contribution is 5.51. The quantitative estimate of drug-likeness (QED) is 0.402. The van der Waals surface area contributed by atoms with Gasteiger partial charge in [0.05, 0.1) is 0 Å². The van der Waals surface area contributed by atoms with E-state index in [0.717, 1.165) is 6.29 Å². The van der Waals surface area contributed by atoms with Crippen LogP contribution in [-0.4, -0.2) is 12.8 Å². The number of hydrogen-bond acceptors (Lipinski definition) is 2. The van der Waals surface area contributed by atoms with E-state index < -0.39 is 0 Å². The number of rotatable bonds is 3. The number of carbonyl (C=O) groups excluding carboxylic acids is 1. The Morgan fingerprint density at radius 2 is 2.14 bits per heavy atom. The second kappa shape index (κ2) is 5.37. The molecule has 0 unspecified atom stereocenters. The van der Waals surface area contributed by atoms with Gasteiger partial charge < -0.3 is 10.5 Å². The molecule has 0 aromatic carbocycles. The summed E-state index contributed by atoms with van der Waals surface area (Å²) in [6.07, 6.45) is 4.82. The van der Waals surface area contributed by atoms with Crippen LogP contribution in [0, 0.1) is 0 Å². The second-order valence-corrected chi connectivity index (χ2v) is 1.11. The molecular formula is C5H9NO. The zero-order valence-corrected chi connectivity index (χ0v) is 4.13. The Morgan fingerprint density at radius 3 is 2.57 bits per heavy atom. The lowest BCUT2D eigenvalue weighted by Crippen LogP contribution is -1.91. The summed E-state index contributed by atoms with van der Waals surface area (Å²) in [5.74, 6) is 0. The van der Waals surface area contributed by atoms with E-state index >= 15 is 0 Å². The summed E-state index contributed by atoms with van der Waals surface area (Å²) in [7, 11) is 0. The summed E-state index contributed by atoms with van der Waals surface area (Å²) in [5.41, 5.74) is 5.07. The molecule has 0 radical (unpaired) electrons. The largest absolute Gasteiger partial charge is 0.327 e. The molecule has 7 heavy (non-hydrogen) atoms. The summed E-state index contributed by atoms with van der Waals surface area (Å²) in [6, 6.07) is 0. The molecular weight excluding hydrogens is 90.1 g/mol. The molecule has 0 spiro atoms. The fraction of sp³-hybridized carbons (Fsp3) is 0.400. The minimum Gasteiger partial charge on any atom is -0.327 e. The Morgan fingerprint density at radius 1 is 1.43 bits per heavy atom. The monoisotopic (exact) mass is 99.1 g/mol. The van der Waals surface area contributed by atoms with Gasteiger partial charge in [0.15, 0.2) is 0 Å². The van der Waals surface area contributed by atoms with Gasteiger partial charge in [0, 0.05) is 13.0 Å². The Bertz CT molecular complexity index is 68.5. The Labute approximate surface area is 43.0 Å². The number of carbonyl (C=O) groups is 1. The van der Waals surface area contributed by atoms with E-state index in [2.05, 4.69) is 0 Å². The molecule has 0 aliphatic heterocycles. The smallest absolute Gasteiger partial charge is 0.123 e. The molecule has 0 aromatic heterocycles. The van der Waals surface area contributed by atoms with Crippen LogP contribution in [-0.2, 0) is 4.79 Å². The molecule has 0 aliphatic rings. The SMILES string of the molecule is NCC=CCC=O. The number of hydrogen-bond donors (Lipinski definition) is 1. The van der Waals surface area contributed by atoms with Crippen molar-refractivity contribution in [2.75, 3.05) is 6.54 Å². The molecule has 2 heteroatoms. The van der Waals surface area contributed by atoms with Gasteiger partial charge in [-0.25, -0.2) is 0 Å². The van der Waals surface area contributed by atoms with Crippen LogP contribution in [0.5, 0.6) is 0 Å². The van der Waals surface area contributed by atoms with Crippen LogP contribution >= 0.6 is 0 Å². The summed E-state index contributed by atoms with van der Waals surface area (Å²) in [5, 5.41) is 0. The van der Waals surface area contributed by atoms with Gasteiger partial charge in [-0.1, -0.05) is 12.2 Å². The minimum absolute atomic E-state index is 0.483. The second-order valence-electron chi connectivity index (χ2n) is 1.11. The molecule has 2 nitrogen and oxygen atoms in total. The van der Waals surface area contributed by atoms with E-state index in [9.17, 15) is 4.79 Å². The molecule has 0 heterocycles. The summed E-state index contributed by atoms with van der Waals surface area (Å²) < 4.78 is 0. The van der Waals surface area contributed by atoms with Gasteiger partial charge >= 0.3 is 0 Å². The predicted octanol–water partition coefficient (Wildman–Crippen LogP) is 0.0903. The number of allylic oxidation sites excluding steroid dienone is 1. The topological polar surface area (TPSA) is 43.1 Å². The lowest BCUT2D eigenvalue weighted by atomic mass is 10.4. The molecule has 0 saturated heterocycles. The average Bonchev–Trinajstić information content (AvgIpc) is 1.69. The van der Waals surface area contributed by atoms with Crippen molar-refractivity contribution < 1.29 is 4.79 Å². The predicted molar refractivity (Wildman–Crippen MR) is 28.9 cm³/mol. The van der Waals surface area contributed by atoms with E-state index in [1.54, 1.807) is 12.2 Å². The third-order valence-electron chi connectivity index (χ3n) is 0.535. The third-order valence-corrected chi connectivity index (χ3v) is 0.535. The van der Waals surface area contributed by atoms with Gasteiger partial charge in [0.2, 0.25) is 0 Å². The first kappa shape index (κ1) is 6.37. The number of aldehydes is 1. The highest BCUT2D eigenvalue weighted by Crippen LogP contribution is 1.72. The third kappa shape index (κ3) is 5.37. The van der Waals surface area contributed by atoms with Crippen LogP contribution < -0.4 is 5.73 Å². The molecule has 0 atom stereocenters. The zero-order valence-electron chi connectivity index (χ0n) is 4.13. The van der Waals surface area contributed by atoms with Crippen LogP contribution in [0.1, 0.15) is 6.42 Å². The van der Waals surface area contributed by atoms with E-state index in [1.165, 1.54) is 0 Å². The maximum absolute atomic E-state index is 9.59. The van der Waals surface area contributed by atoms with Gasteiger partial charge in [-0.05, 0) is 0 Å². The molecule has 0 bridgehead atoms. The van der Waals surface area contributed by atoms with Crippen molar-refractivity contribution >= 4 is 6.29 Å². The van der Waals surface area contributed by atoms with E-state index in [1.807, 2.05) is 0 Å². The van der Waals surface area contributed by atoms with Crippen molar-refractivity contribution in [2.24, 2.45) is 5.73 Å². The van der Waals surface area contributed by atoms with Gasteiger partial charge in [0.25, 0.3) is 0 Å². The first-order chi connectivity index (χ1) is 3.41. The van der Waals surface area contributed by atoms with Crippen LogP contribution in [0.3, 0.4) is 0 Å². The first-order valence-corrected chi connectivity index (χ1v) is 2.20. The molecule has 0 aromatic rings. The molecule has 0 fully saturated rings. The van der Waals surface area contributed by atoms with Crippen LogP contribution in [0.4, 0.5) is 0 Å². The van der Waals surface area contributed by atoms with Gasteiger partial charge in [-0.3, -0.25) is 0 Å². The zero-order chi connectivity index (χ0) is 5.54. The highest BCUT2D eigenvalue weighted by atomic mass is 16.1. The standard InChI is InChI=1S/C5H9NO/c6-4-2-1-3-5-7/h1-2,5H,3-4,6H2. The molecule has 0 aliphatic carbocycles. The minimum atomic E-state index is 0.483. The maximum atomic E-state index is 9.59. The normalized spacial score (nSPS) is 9.86. The van der Waals surface area contributed by atoms with Crippen molar-refractivity contribution in [1.82, 2.24) is 0 Å². The molecule has 2 N–H and O–H groups in total. The van der Waals surface area contributed by atoms with Crippen molar-refractivity contribution in [3.05, 3.63) is 12.2 Å². The van der Waals surface area contributed by atoms with Crippen LogP contribution in [0.2, 0.25) is 0 Å².